The average Bonchev–Trinajstić information content (AvgIpc) is 3.22. The van der Waals surface area contributed by atoms with Gasteiger partial charge in [0.25, 0.3) is 0 Å². The molecule has 6 nitrogen and oxygen atoms in total. The van der Waals surface area contributed by atoms with E-state index in [1.54, 1.807) is 30.3 Å². The second kappa shape index (κ2) is 8.33. The molecule has 0 unspecified atom stereocenters. The molecule has 0 atom stereocenters. The molecule has 0 aliphatic carbocycles. The van der Waals surface area contributed by atoms with E-state index in [1.165, 1.54) is 22.5 Å². The van der Waals surface area contributed by atoms with Crippen molar-refractivity contribution < 1.29 is 22.7 Å². The van der Waals surface area contributed by atoms with Crippen LogP contribution in [0.25, 0.3) is 0 Å². The summed E-state index contributed by atoms with van der Waals surface area (Å²) >= 11 is 3.24. The number of carbonyl (C=O) groups excluding carboxylic acids is 2. The number of carbonyl (C=O) groups is 2. The summed E-state index contributed by atoms with van der Waals surface area (Å²) in [4.78, 5) is 24.4. The summed E-state index contributed by atoms with van der Waals surface area (Å²) in [7, 11) is -3.69. The Hall–Kier alpha value is -2.03. The van der Waals surface area contributed by atoms with E-state index in [9.17, 15) is 18.0 Å². The summed E-state index contributed by atoms with van der Waals surface area (Å²) in [6.45, 7) is 0.525. The van der Waals surface area contributed by atoms with Gasteiger partial charge in [0.05, 0.1) is 10.5 Å². The van der Waals surface area contributed by atoms with Gasteiger partial charge in [-0.05, 0) is 47.0 Å². The van der Waals surface area contributed by atoms with E-state index in [4.69, 9.17) is 4.74 Å². The van der Waals surface area contributed by atoms with Crippen molar-refractivity contribution in [1.29, 1.82) is 0 Å². The second-order valence-electron chi connectivity index (χ2n) is 6.12. The molecule has 0 bridgehead atoms. The standard InChI is InChI=1S/C19H18BrNO5S/c20-16-9-8-15(12-18(16)27(24,25)21-10-4-5-11-21)19(23)26-13-17(22)14-6-2-1-3-7-14/h1-3,6-9,12H,4-5,10-11,13H2. The van der Waals surface area contributed by atoms with Gasteiger partial charge in [-0.25, -0.2) is 13.2 Å². The summed E-state index contributed by atoms with van der Waals surface area (Å²) in [5.74, 6) is -1.07. The highest BCUT2D eigenvalue weighted by atomic mass is 79.9. The van der Waals surface area contributed by atoms with Crippen LogP contribution in [-0.2, 0) is 14.8 Å². The molecule has 0 N–H and O–H groups in total. The molecule has 8 heteroatoms. The number of ether oxygens (including phenoxy) is 1. The van der Waals surface area contributed by atoms with Crippen LogP contribution >= 0.6 is 15.9 Å². The minimum Gasteiger partial charge on any atom is -0.454 e. The van der Waals surface area contributed by atoms with E-state index in [0.29, 0.717) is 23.1 Å². The quantitative estimate of drug-likeness (QED) is 0.497. The van der Waals surface area contributed by atoms with Gasteiger partial charge in [-0.15, -0.1) is 0 Å². The first-order valence-electron chi connectivity index (χ1n) is 8.44. The highest BCUT2D eigenvalue weighted by Crippen LogP contribution is 2.28. The van der Waals surface area contributed by atoms with Gasteiger partial charge >= 0.3 is 5.97 Å². The number of ketones is 1. The first kappa shape index (κ1) is 19.7. The topological polar surface area (TPSA) is 80.8 Å². The van der Waals surface area contributed by atoms with Crippen LogP contribution in [0.4, 0.5) is 0 Å². The smallest absolute Gasteiger partial charge is 0.338 e. The third-order valence-corrected chi connectivity index (χ3v) is 7.17. The van der Waals surface area contributed by atoms with Crippen molar-refractivity contribution in [1.82, 2.24) is 4.31 Å². The minimum atomic E-state index is -3.69. The predicted molar refractivity (Wildman–Crippen MR) is 103 cm³/mol. The van der Waals surface area contributed by atoms with Crippen LogP contribution in [0.15, 0.2) is 57.9 Å². The molecule has 3 rings (SSSR count). The Bertz CT molecular complexity index is 953. The average molecular weight is 452 g/mol. The van der Waals surface area contributed by atoms with E-state index in [-0.39, 0.29) is 16.2 Å². The van der Waals surface area contributed by atoms with Crippen LogP contribution in [0.1, 0.15) is 33.6 Å². The second-order valence-corrected chi connectivity index (χ2v) is 8.88. The third-order valence-electron chi connectivity index (χ3n) is 4.28. The Morgan fingerprint density at radius 1 is 1.00 bits per heavy atom. The molecule has 1 aliphatic heterocycles. The lowest BCUT2D eigenvalue weighted by Gasteiger charge is -2.17. The number of hydrogen-bond acceptors (Lipinski definition) is 5. The molecule has 1 aliphatic rings. The Morgan fingerprint density at radius 3 is 2.33 bits per heavy atom. The number of rotatable bonds is 6. The van der Waals surface area contributed by atoms with Gasteiger partial charge in [-0.3, -0.25) is 4.79 Å². The molecule has 1 heterocycles. The lowest BCUT2D eigenvalue weighted by Crippen LogP contribution is -2.28. The zero-order chi connectivity index (χ0) is 19.4. The van der Waals surface area contributed by atoms with Gasteiger partial charge in [-0.1, -0.05) is 30.3 Å². The predicted octanol–water partition coefficient (Wildman–Crippen LogP) is 3.27. The Labute approximate surface area is 166 Å². The van der Waals surface area contributed by atoms with Crippen LogP contribution in [0.3, 0.4) is 0 Å². The lowest BCUT2D eigenvalue weighted by molar-refractivity contribution is 0.0474. The van der Waals surface area contributed by atoms with Gasteiger partial charge in [0, 0.05) is 23.1 Å². The van der Waals surface area contributed by atoms with E-state index < -0.39 is 22.6 Å². The number of nitrogens with zero attached hydrogens (tertiary/aromatic N) is 1. The normalized spacial score (nSPS) is 14.9. The molecular formula is C19H18BrNO5S. The summed E-state index contributed by atoms with van der Waals surface area (Å²) in [5.41, 5.74) is 0.523. The molecule has 0 radical (unpaired) electrons. The van der Waals surface area contributed by atoms with Crippen LogP contribution in [-0.4, -0.2) is 44.2 Å². The van der Waals surface area contributed by atoms with Gasteiger partial charge < -0.3 is 4.74 Å². The minimum absolute atomic E-state index is 0.0215. The Kier molecular flexibility index (Phi) is 6.08. The van der Waals surface area contributed by atoms with Gasteiger partial charge in [0.1, 0.15) is 0 Å². The van der Waals surface area contributed by atoms with Crippen molar-refractivity contribution in [2.24, 2.45) is 0 Å². The van der Waals surface area contributed by atoms with Gasteiger partial charge in [-0.2, -0.15) is 4.31 Å². The lowest BCUT2D eigenvalue weighted by atomic mass is 10.1. The van der Waals surface area contributed by atoms with Crippen molar-refractivity contribution in [3.8, 4) is 0 Å². The number of halogens is 1. The first-order chi connectivity index (χ1) is 12.9. The summed E-state index contributed by atoms with van der Waals surface area (Å²) < 4.78 is 32.4. The van der Waals surface area contributed by atoms with Crippen molar-refractivity contribution in [3.05, 3.63) is 64.1 Å². The Morgan fingerprint density at radius 2 is 1.67 bits per heavy atom. The van der Waals surface area contributed by atoms with E-state index in [2.05, 4.69) is 15.9 Å². The number of benzene rings is 2. The van der Waals surface area contributed by atoms with Crippen LogP contribution in [0, 0.1) is 0 Å². The zero-order valence-corrected chi connectivity index (χ0v) is 16.8. The molecule has 1 fully saturated rings. The molecule has 27 heavy (non-hydrogen) atoms. The Balaban J connectivity index is 1.75. The van der Waals surface area contributed by atoms with Crippen molar-refractivity contribution >= 4 is 37.7 Å². The molecule has 0 spiro atoms. The maximum atomic E-state index is 12.8. The summed E-state index contributed by atoms with van der Waals surface area (Å²) in [6, 6.07) is 12.7. The SMILES string of the molecule is O=C(COC(=O)c1ccc(Br)c(S(=O)(=O)N2CCCC2)c1)c1ccccc1. The molecule has 0 saturated carbocycles. The van der Waals surface area contributed by atoms with Gasteiger partial charge in [0.2, 0.25) is 10.0 Å². The fourth-order valence-electron chi connectivity index (χ4n) is 2.82. The highest BCUT2D eigenvalue weighted by Gasteiger charge is 2.29. The molecular weight excluding hydrogens is 434 g/mol. The van der Waals surface area contributed by atoms with Crippen molar-refractivity contribution in [2.45, 2.75) is 17.7 Å². The number of Topliss-reactive ketones (excluding diaryl/α,β-unsaturated/α-hetero) is 1. The monoisotopic (exact) mass is 451 g/mol. The maximum absolute atomic E-state index is 12.8. The summed E-state index contributed by atoms with van der Waals surface area (Å²) in [5, 5.41) is 0. The van der Waals surface area contributed by atoms with Crippen LogP contribution in [0.2, 0.25) is 0 Å². The van der Waals surface area contributed by atoms with Crippen molar-refractivity contribution in [2.75, 3.05) is 19.7 Å². The van der Waals surface area contributed by atoms with Gasteiger partial charge in [0.15, 0.2) is 12.4 Å². The van der Waals surface area contributed by atoms with E-state index >= 15 is 0 Å². The summed E-state index contributed by atoms with van der Waals surface area (Å²) in [6.07, 6.45) is 1.64. The number of sulfonamides is 1. The van der Waals surface area contributed by atoms with Crippen molar-refractivity contribution in [3.63, 3.8) is 0 Å². The van der Waals surface area contributed by atoms with E-state index in [1.807, 2.05) is 0 Å². The largest absolute Gasteiger partial charge is 0.454 e. The van der Waals surface area contributed by atoms with E-state index in [0.717, 1.165) is 12.8 Å². The molecule has 0 amide bonds. The molecule has 0 aromatic heterocycles. The fraction of sp³-hybridized carbons (Fsp3) is 0.263. The van der Waals surface area contributed by atoms with Crippen LogP contribution < -0.4 is 0 Å². The molecule has 2 aromatic carbocycles. The zero-order valence-electron chi connectivity index (χ0n) is 14.4. The first-order valence-corrected chi connectivity index (χ1v) is 10.7. The molecule has 1 saturated heterocycles. The third kappa shape index (κ3) is 4.45. The highest BCUT2D eigenvalue weighted by molar-refractivity contribution is 9.10. The number of hydrogen-bond donors (Lipinski definition) is 0. The fourth-order valence-corrected chi connectivity index (χ4v) is 5.29. The number of esters is 1. The van der Waals surface area contributed by atoms with Crippen LogP contribution in [0.5, 0.6) is 0 Å². The molecule has 2 aromatic rings. The molecule has 142 valence electrons. The maximum Gasteiger partial charge on any atom is 0.338 e.